The molecule has 0 radical (unpaired) electrons. The summed E-state index contributed by atoms with van der Waals surface area (Å²) in [5, 5.41) is 6.86. The predicted molar refractivity (Wildman–Crippen MR) is 37.8 cm³/mol. The first-order chi connectivity index (χ1) is 5.20. The lowest BCUT2D eigenvalue weighted by atomic mass is 10.6. The molecule has 6 nitrogen and oxygen atoms in total. The number of fused-ring (bicyclic) bond motifs is 1. The van der Waals surface area contributed by atoms with Gasteiger partial charge in [0.05, 0.1) is 6.20 Å². The van der Waals surface area contributed by atoms with Gasteiger partial charge in [-0.2, -0.15) is 13.5 Å². The van der Waals surface area contributed by atoms with E-state index in [-0.39, 0.29) is 10.7 Å². The molecule has 0 aromatic heterocycles. The number of aliphatic imine (C=N–C) groups is 1. The van der Waals surface area contributed by atoms with Crippen LogP contribution in [0.3, 0.4) is 0 Å². The highest BCUT2D eigenvalue weighted by Crippen LogP contribution is 2.19. The van der Waals surface area contributed by atoms with Crippen molar-refractivity contribution in [3.8, 4) is 0 Å². The third-order valence-electron chi connectivity index (χ3n) is 1.19. The number of rotatable bonds is 0. The Hall–Kier alpha value is -1.37. The third kappa shape index (κ3) is 0.811. The molecule has 2 heterocycles. The molecule has 0 atom stereocenters. The summed E-state index contributed by atoms with van der Waals surface area (Å²) in [6, 6.07) is 0. The average molecular weight is 170 g/mol. The lowest BCUT2D eigenvalue weighted by molar-refractivity contribution is 0.605. The number of sulfonamides is 1. The topological polar surface area (TPSA) is 83.6 Å². The van der Waals surface area contributed by atoms with Gasteiger partial charge >= 0.3 is 0 Å². The number of nitrogens with zero attached hydrogens (tertiary/aromatic N) is 4. The van der Waals surface area contributed by atoms with Crippen LogP contribution < -0.4 is 0 Å². The number of hydrogen-bond donors (Lipinski definition) is 0. The van der Waals surface area contributed by atoms with Gasteiger partial charge in [-0.15, -0.1) is 9.51 Å². The summed E-state index contributed by atoms with van der Waals surface area (Å²) in [6.45, 7) is 0. The maximum atomic E-state index is 11.0. The van der Waals surface area contributed by atoms with Gasteiger partial charge in [-0.25, -0.2) is 4.99 Å². The first kappa shape index (κ1) is 6.35. The second-order valence-electron chi connectivity index (χ2n) is 1.86. The van der Waals surface area contributed by atoms with Gasteiger partial charge in [-0.3, -0.25) is 0 Å². The molecule has 0 saturated carbocycles. The van der Waals surface area contributed by atoms with E-state index in [0.29, 0.717) is 0 Å². The van der Waals surface area contributed by atoms with Crippen molar-refractivity contribution in [2.45, 2.75) is 0 Å². The van der Waals surface area contributed by atoms with Gasteiger partial charge in [-0.05, 0) is 0 Å². The molecule has 0 amide bonds. The Bertz CT molecular complexity index is 413. The zero-order valence-corrected chi connectivity index (χ0v) is 5.98. The van der Waals surface area contributed by atoms with Crippen molar-refractivity contribution in [3.63, 3.8) is 0 Å². The average Bonchev–Trinajstić information content (AvgIpc) is 2.34. The predicted octanol–water partition coefficient (Wildman–Crippen LogP) is 0.0638. The Morgan fingerprint density at radius 1 is 1.36 bits per heavy atom. The molecule has 0 unspecified atom stereocenters. The van der Waals surface area contributed by atoms with Gasteiger partial charge in [0.1, 0.15) is 6.34 Å². The van der Waals surface area contributed by atoms with Crippen LogP contribution in [0.1, 0.15) is 0 Å². The minimum absolute atomic E-state index is 0.0278. The van der Waals surface area contributed by atoms with E-state index in [0.717, 1.165) is 12.5 Å². The van der Waals surface area contributed by atoms with Crippen LogP contribution >= 0.6 is 0 Å². The maximum Gasteiger partial charge on any atom is 0.289 e. The first-order valence-electron chi connectivity index (χ1n) is 2.68. The van der Waals surface area contributed by atoms with Gasteiger partial charge in [0.2, 0.25) is 0 Å². The molecular formula is C4H2N4O2S. The highest BCUT2D eigenvalue weighted by Gasteiger charge is 2.27. The van der Waals surface area contributed by atoms with E-state index in [2.05, 4.69) is 19.6 Å². The summed E-state index contributed by atoms with van der Waals surface area (Å²) in [4.78, 5) is 3.58. The van der Waals surface area contributed by atoms with Gasteiger partial charge in [0.15, 0.2) is 10.7 Å². The summed E-state index contributed by atoms with van der Waals surface area (Å²) >= 11 is 0. The number of hydrogen-bond acceptors (Lipinski definition) is 5. The standard InChI is InChI=1S/C4H2N4O2S/c9-11(10)3-1-6-8-4(3)5-2-7-11/h1-2H. The maximum absolute atomic E-state index is 11.0. The minimum atomic E-state index is -3.55. The van der Waals surface area contributed by atoms with Crippen molar-refractivity contribution in [2.75, 3.05) is 0 Å². The van der Waals surface area contributed by atoms with Gasteiger partial charge < -0.3 is 0 Å². The van der Waals surface area contributed by atoms with Crippen LogP contribution in [-0.4, -0.2) is 20.6 Å². The first-order valence-corrected chi connectivity index (χ1v) is 4.12. The molecule has 0 spiro atoms. The number of amidine groups is 1. The fourth-order valence-corrected chi connectivity index (χ4v) is 1.50. The van der Waals surface area contributed by atoms with Crippen LogP contribution in [-0.2, 0) is 10.0 Å². The van der Waals surface area contributed by atoms with Crippen LogP contribution in [0.4, 0.5) is 0 Å². The second-order valence-corrected chi connectivity index (χ2v) is 3.46. The largest absolute Gasteiger partial charge is 0.289 e. The monoisotopic (exact) mass is 170 g/mol. The molecule has 2 aliphatic heterocycles. The molecule has 56 valence electrons. The van der Waals surface area contributed by atoms with Crippen LogP contribution in [0.5, 0.6) is 0 Å². The van der Waals surface area contributed by atoms with Crippen molar-refractivity contribution in [1.82, 2.24) is 0 Å². The summed E-state index contributed by atoms with van der Waals surface area (Å²) in [5.74, 6) is 0.111. The lowest BCUT2D eigenvalue weighted by Gasteiger charge is -2.00. The third-order valence-corrected chi connectivity index (χ3v) is 2.41. The van der Waals surface area contributed by atoms with E-state index >= 15 is 0 Å². The van der Waals surface area contributed by atoms with Crippen LogP contribution in [0, 0.1) is 0 Å². The van der Waals surface area contributed by atoms with Crippen molar-refractivity contribution in [3.05, 3.63) is 11.1 Å². The summed E-state index contributed by atoms with van der Waals surface area (Å²) in [6.07, 6.45) is 2.08. The van der Waals surface area contributed by atoms with Gasteiger partial charge in [0, 0.05) is 0 Å². The molecule has 0 saturated heterocycles. The van der Waals surface area contributed by atoms with Crippen LogP contribution in [0.15, 0.2) is 30.7 Å². The van der Waals surface area contributed by atoms with Crippen molar-refractivity contribution in [2.24, 2.45) is 19.6 Å². The summed E-state index contributed by atoms with van der Waals surface area (Å²) in [5.41, 5.74) is 0. The molecule has 0 bridgehead atoms. The van der Waals surface area contributed by atoms with Crippen LogP contribution in [0.2, 0.25) is 0 Å². The molecular weight excluding hydrogens is 168 g/mol. The molecule has 0 fully saturated rings. The molecule has 2 aliphatic rings. The molecule has 7 heteroatoms. The van der Waals surface area contributed by atoms with Gasteiger partial charge in [-0.1, -0.05) is 0 Å². The van der Waals surface area contributed by atoms with E-state index in [1.54, 1.807) is 0 Å². The van der Waals surface area contributed by atoms with Crippen molar-refractivity contribution < 1.29 is 8.42 Å². The quantitative estimate of drug-likeness (QED) is 0.515. The van der Waals surface area contributed by atoms with E-state index in [1.165, 1.54) is 0 Å². The Kier molecular flexibility index (Phi) is 1.05. The highest BCUT2D eigenvalue weighted by atomic mass is 32.2. The summed E-state index contributed by atoms with van der Waals surface area (Å²) < 4.78 is 25.2. The second kappa shape index (κ2) is 1.82. The van der Waals surface area contributed by atoms with E-state index in [4.69, 9.17) is 0 Å². The Balaban J connectivity index is 2.69. The molecule has 0 aromatic carbocycles. The number of azo groups is 1. The van der Waals surface area contributed by atoms with Crippen molar-refractivity contribution >= 4 is 22.2 Å². The normalized spacial score (nSPS) is 24.4. The van der Waals surface area contributed by atoms with Gasteiger partial charge in [0.25, 0.3) is 10.0 Å². The lowest BCUT2D eigenvalue weighted by Crippen LogP contribution is -2.11. The molecule has 2 rings (SSSR count). The zero-order chi connectivity index (χ0) is 7.90. The van der Waals surface area contributed by atoms with E-state index in [9.17, 15) is 8.42 Å². The van der Waals surface area contributed by atoms with E-state index < -0.39 is 10.0 Å². The molecule has 11 heavy (non-hydrogen) atoms. The minimum Gasteiger partial charge on any atom is -0.213 e. The fraction of sp³-hybridized carbons (Fsp3) is 0. The fourth-order valence-electron chi connectivity index (χ4n) is 0.712. The SMILES string of the molecule is O=S1(=O)N=CN=C2N=NC=C21. The Morgan fingerprint density at radius 2 is 2.18 bits per heavy atom. The van der Waals surface area contributed by atoms with E-state index in [1.807, 2.05) is 0 Å². The molecule has 0 aliphatic carbocycles. The molecule has 0 aromatic rings. The van der Waals surface area contributed by atoms with Crippen LogP contribution in [0.25, 0.3) is 0 Å². The Labute approximate surface area is 62.1 Å². The zero-order valence-electron chi connectivity index (χ0n) is 5.17. The smallest absolute Gasteiger partial charge is 0.213 e. The van der Waals surface area contributed by atoms with Crippen molar-refractivity contribution in [1.29, 1.82) is 0 Å². The highest BCUT2D eigenvalue weighted by molar-refractivity contribution is 7.95. The summed E-state index contributed by atoms with van der Waals surface area (Å²) in [7, 11) is -3.55. The Morgan fingerprint density at radius 3 is 2.91 bits per heavy atom. The molecule has 0 N–H and O–H groups in total.